The molecule has 34 heavy (non-hydrogen) atoms. The number of carbonyl (C=O) groups is 1. The van der Waals surface area contributed by atoms with Crippen LogP contribution in [0, 0.1) is 11.8 Å². The van der Waals surface area contributed by atoms with Crippen LogP contribution in [0.15, 0.2) is 36.5 Å². The molecule has 1 saturated carbocycles. The van der Waals surface area contributed by atoms with Gasteiger partial charge in [-0.3, -0.25) is 9.78 Å². The van der Waals surface area contributed by atoms with Crippen LogP contribution in [-0.4, -0.2) is 22.4 Å². The van der Waals surface area contributed by atoms with Gasteiger partial charge in [0.05, 0.1) is 21.8 Å². The summed E-state index contributed by atoms with van der Waals surface area (Å²) in [4.78, 5) is 17.8. The molecule has 4 nitrogen and oxygen atoms in total. The average molecular weight is 479 g/mol. The number of phenolic OH excluding ortho intramolecular Hbond substituents is 1. The van der Waals surface area contributed by atoms with Crippen LogP contribution in [0.4, 0.5) is 5.69 Å². The van der Waals surface area contributed by atoms with Gasteiger partial charge in [0.2, 0.25) is 0 Å². The Kier molecular flexibility index (Phi) is 7.77. The predicted molar refractivity (Wildman–Crippen MR) is 142 cm³/mol. The number of aromatic hydroxyl groups is 1. The monoisotopic (exact) mass is 478 g/mol. The maximum Gasteiger partial charge on any atom is 0.169 e. The van der Waals surface area contributed by atoms with Crippen molar-refractivity contribution in [3.63, 3.8) is 0 Å². The fourth-order valence-corrected chi connectivity index (χ4v) is 5.06. The van der Waals surface area contributed by atoms with Crippen molar-refractivity contribution in [2.45, 2.75) is 65.7 Å². The Bertz CT molecular complexity index is 1180. The first-order chi connectivity index (χ1) is 16.5. The molecule has 3 aromatic rings. The number of hydrogen-bond donors (Lipinski definition) is 2. The van der Waals surface area contributed by atoms with Crippen molar-refractivity contribution in [1.82, 2.24) is 4.98 Å². The van der Waals surface area contributed by atoms with Gasteiger partial charge in [-0.1, -0.05) is 51.3 Å². The Hall–Kier alpha value is -2.59. The first-order valence-corrected chi connectivity index (χ1v) is 13.1. The number of phenols is 1. The first kappa shape index (κ1) is 24.5. The van der Waals surface area contributed by atoms with Crippen LogP contribution in [0.3, 0.4) is 0 Å². The fourth-order valence-electron chi connectivity index (χ4n) is 4.82. The Morgan fingerprint density at radius 1 is 1.12 bits per heavy atom. The summed E-state index contributed by atoms with van der Waals surface area (Å²) in [5, 5.41) is 15.3. The third kappa shape index (κ3) is 5.22. The number of anilines is 1. The van der Waals surface area contributed by atoms with Crippen molar-refractivity contribution in [1.29, 1.82) is 0 Å². The molecule has 0 unspecified atom stereocenters. The molecule has 1 aliphatic carbocycles. The Morgan fingerprint density at radius 3 is 2.50 bits per heavy atom. The summed E-state index contributed by atoms with van der Waals surface area (Å²) >= 11 is 6.33. The number of carbonyl (C=O) groups excluding carboxylic acids is 1. The maximum atomic E-state index is 13.2. The lowest BCUT2D eigenvalue weighted by Gasteiger charge is -2.20. The van der Waals surface area contributed by atoms with E-state index in [1.165, 1.54) is 12.8 Å². The van der Waals surface area contributed by atoms with E-state index in [9.17, 15) is 9.90 Å². The van der Waals surface area contributed by atoms with Crippen LogP contribution in [0.25, 0.3) is 22.0 Å². The summed E-state index contributed by atoms with van der Waals surface area (Å²) in [5.74, 6) is 1.06. The third-order valence-corrected chi connectivity index (χ3v) is 7.19. The topological polar surface area (TPSA) is 62.2 Å². The van der Waals surface area contributed by atoms with Crippen molar-refractivity contribution in [2.24, 2.45) is 11.8 Å². The van der Waals surface area contributed by atoms with E-state index in [-0.39, 0.29) is 17.5 Å². The molecule has 5 heteroatoms. The highest BCUT2D eigenvalue weighted by atomic mass is 35.5. The van der Waals surface area contributed by atoms with Gasteiger partial charge in [-0.2, -0.15) is 0 Å². The minimum Gasteiger partial charge on any atom is -0.506 e. The van der Waals surface area contributed by atoms with Crippen LogP contribution in [0.5, 0.6) is 5.75 Å². The summed E-state index contributed by atoms with van der Waals surface area (Å²) < 4.78 is 0. The van der Waals surface area contributed by atoms with Gasteiger partial charge in [0.15, 0.2) is 5.78 Å². The molecule has 2 N–H and O–H groups in total. The maximum absolute atomic E-state index is 13.2. The molecule has 4 rings (SSSR count). The lowest BCUT2D eigenvalue weighted by molar-refractivity contribution is 0.0968. The zero-order chi connectivity index (χ0) is 24.2. The molecule has 0 radical (unpaired) electrons. The number of nitrogens with zero attached hydrogens (tertiary/aromatic N) is 1. The third-order valence-electron chi connectivity index (χ3n) is 6.90. The fraction of sp³-hybridized carbons (Fsp3) is 0.448. The van der Waals surface area contributed by atoms with Gasteiger partial charge in [-0.15, -0.1) is 0 Å². The summed E-state index contributed by atoms with van der Waals surface area (Å²) in [6.07, 6.45) is 9.04. The van der Waals surface area contributed by atoms with E-state index in [1.807, 2.05) is 25.1 Å². The van der Waals surface area contributed by atoms with Gasteiger partial charge in [0, 0.05) is 24.0 Å². The number of Topliss-reactive ketones (excluding diaryl/α,β-unsaturated/α-hetero) is 1. The number of rotatable bonds is 11. The zero-order valence-corrected chi connectivity index (χ0v) is 21.2. The Balaban J connectivity index is 1.80. The van der Waals surface area contributed by atoms with Crippen LogP contribution in [0.1, 0.15) is 75.2 Å². The molecule has 2 aromatic carbocycles. The zero-order valence-electron chi connectivity index (χ0n) is 20.5. The molecule has 180 valence electrons. The molecule has 0 bridgehead atoms. The summed E-state index contributed by atoms with van der Waals surface area (Å²) in [6, 6.07) is 9.92. The molecular formula is C29H35ClN2O2. The van der Waals surface area contributed by atoms with Crippen molar-refractivity contribution in [3.8, 4) is 16.9 Å². The van der Waals surface area contributed by atoms with E-state index >= 15 is 0 Å². The van der Waals surface area contributed by atoms with Gasteiger partial charge < -0.3 is 10.4 Å². The molecule has 1 aliphatic rings. The Morgan fingerprint density at radius 2 is 1.85 bits per heavy atom. The standard InChI is InChI=1S/C29H35ClN2O2/c1-4-7-18(8-5-2)16-32-27-23-14-21(22-13-19(6-3)29(34)25(30)15-22)11-12-26(23)31-17-24(27)28(33)20-9-10-20/h11-15,17-18,20,34H,4-10,16H2,1-3H3,(H,31,32). The molecular weight excluding hydrogens is 444 g/mol. The number of aromatic nitrogens is 1. The lowest BCUT2D eigenvalue weighted by Crippen LogP contribution is -2.17. The van der Waals surface area contributed by atoms with Gasteiger partial charge >= 0.3 is 0 Å². The molecule has 0 amide bonds. The number of aryl methyl sites for hydroxylation is 1. The van der Waals surface area contributed by atoms with Crippen molar-refractivity contribution >= 4 is 34.0 Å². The number of ketones is 1. The average Bonchev–Trinajstić information content (AvgIpc) is 3.69. The second-order valence-corrected chi connectivity index (χ2v) is 9.97. The smallest absolute Gasteiger partial charge is 0.169 e. The molecule has 1 heterocycles. The Labute approximate surface area is 207 Å². The molecule has 1 fully saturated rings. The second-order valence-electron chi connectivity index (χ2n) is 9.56. The minimum atomic E-state index is 0.132. The predicted octanol–water partition coefficient (Wildman–Crippen LogP) is 8.04. The lowest BCUT2D eigenvalue weighted by atomic mass is 9.96. The number of benzene rings is 2. The molecule has 0 spiro atoms. The first-order valence-electron chi connectivity index (χ1n) is 12.7. The van der Waals surface area contributed by atoms with E-state index in [1.54, 1.807) is 12.3 Å². The van der Waals surface area contributed by atoms with Gasteiger partial charge in [0.1, 0.15) is 5.75 Å². The largest absolute Gasteiger partial charge is 0.506 e. The summed E-state index contributed by atoms with van der Waals surface area (Å²) in [7, 11) is 0. The van der Waals surface area contributed by atoms with E-state index < -0.39 is 0 Å². The quantitative estimate of drug-likeness (QED) is 0.273. The van der Waals surface area contributed by atoms with E-state index in [0.717, 1.165) is 65.5 Å². The van der Waals surface area contributed by atoms with E-state index in [4.69, 9.17) is 11.6 Å². The van der Waals surface area contributed by atoms with E-state index in [2.05, 4.69) is 30.2 Å². The van der Waals surface area contributed by atoms with E-state index in [0.29, 0.717) is 22.9 Å². The summed E-state index contributed by atoms with van der Waals surface area (Å²) in [5.41, 5.74) is 5.23. The number of hydrogen-bond acceptors (Lipinski definition) is 4. The highest BCUT2D eigenvalue weighted by Gasteiger charge is 2.32. The van der Waals surface area contributed by atoms with Crippen LogP contribution in [-0.2, 0) is 6.42 Å². The second kappa shape index (κ2) is 10.8. The molecule has 0 aliphatic heterocycles. The highest BCUT2D eigenvalue weighted by Crippen LogP contribution is 2.39. The minimum absolute atomic E-state index is 0.132. The van der Waals surface area contributed by atoms with Crippen LogP contribution in [0.2, 0.25) is 5.02 Å². The van der Waals surface area contributed by atoms with Crippen molar-refractivity contribution in [2.75, 3.05) is 11.9 Å². The highest BCUT2D eigenvalue weighted by molar-refractivity contribution is 6.32. The molecule has 0 saturated heterocycles. The van der Waals surface area contributed by atoms with Crippen molar-refractivity contribution < 1.29 is 9.90 Å². The summed E-state index contributed by atoms with van der Waals surface area (Å²) in [6.45, 7) is 7.31. The molecule has 0 atom stereocenters. The SMILES string of the molecule is CCCC(CCC)CNc1c(C(=O)C2CC2)cnc2ccc(-c3cc(Cl)c(O)c(CC)c3)cc12. The van der Waals surface area contributed by atoms with Gasteiger partial charge in [-0.25, -0.2) is 0 Å². The normalized spacial score (nSPS) is 13.6. The van der Waals surface area contributed by atoms with Crippen LogP contribution < -0.4 is 5.32 Å². The number of halogens is 1. The van der Waals surface area contributed by atoms with Gasteiger partial charge in [-0.05, 0) is 79.0 Å². The molecule has 1 aromatic heterocycles. The van der Waals surface area contributed by atoms with Crippen LogP contribution >= 0.6 is 11.6 Å². The number of nitrogens with one attached hydrogen (secondary N) is 1. The van der Waals surface area contributed by atoms with Gasteiger partial charge in [0.25, 0.3) is 0 Å². The van der Waals surface area contributed by atoms with Crippen molar-refractivity contribution in [3.05, 3.63) is 52.7 Å². The number of pyridine rings is 1. The number of fused-ring (bicyclic) bond motifs is 1.